The zero-order valence-corrected chi connectivity index (χ0v) is 13.2. The van der Waals surface area contributed by atoms with Crippen LogP contribution in [0.5, 0.6) is 5.75 Å². The first-order valence-electron chi connectivity index (χ1n) is 6.79. The zero-order chi connectivity index (χ0) is 15.1. The monoisotopic (exact) mass is 299 g/mol. The summed E-state index contributed by atoms with van der Waals surface area (Å²) in [6.07, 6.45) is -0.142. The molecule has 1 rings (SSSR count). The Morgan fingerprint density at radius 2 is 2.05 bits per heavy atom. The summed E-state index contributed by atoms with van der Waals surface area (Å²) in [6.45, 7) is 8.39. The van der Waals surface area contributed by atoms with Crippen LogP contribution >= 0.6 is 11.6 Å². The highest BCUT2D eigenvalue weighted by Crippen LogP contribution is 2.28. The van der Waals surface area contributed by atoms with Crippen molar-refractivity contribution in [1.82, 2.24) is 5.32 Å². The third-order valence-corrected chi connectivity index (χ3v) is 2.90. The summed E-state index contributed by atoms with van der Waals surface area (Å²) in [5.74, 6) is 0.264. The summed E-state index contributed by atoms with van der Waals surface area (Å²) in [7, 11) is 0. The number of ether oxygens (including phenoxy) is 2. The smallest absolute Gasteiger partial charge is 0.344 e. The van der Waals surface area contributed by atoms with Crippen LogP contribution < -0.4 is 10.1 Å². The molecular weight excluding hydrogens is 278 g/mol. The Bertz CT molecular complexity index is 449. The molecular formula is C15H22ClNO3. The molecule has 0 fully saturated rings. The van der Waals surface area contributed by atoms with E-state index >= 15 is 0 Å². The van der Waals surface area contributed by atoms with E-state index in [0.717, 1.165) is 12.1 Å². The van der Waals surface area contributed by atoms with Crippen molar-refractivity contribution in [3.05, 3.63) is 28.8 Å². The topological polar surface area (TPSA) is 47.6 Å². The highest BCUT2D eigenvalue weighted by molar-refractivity contribution is 6.30. The summed E-state index contributed by atoms with van der Waals surface area (Å²) in [5, 5.41) is 3.94. The van der Waals surface area contributed by atoms with E-state index in [1.807, 2.05) is 19.9 Å². The van der Waals surface area contributed by atoms with Crippen molar-refractivity contribution in [2.45, 2.75) is 39.8 Å². The Hall–Kier alpha value is -1.26. The average molecular weight is 300 g/mol. The summed E-state index contributed by atoms with van der Waals surface area (Å²) < 4.78 is 10.6. The average Bonchev–Trinajstić information content (AvgIpc) is 2.36. The molecule has 1 atom stereocenters. The fraction of sp³-hybridized carbons (Fsp3) is 0.533. The Balaban J connectivity index is 2.76. The van der Waals surface area contributed by atoms with E-state index < -0.39 is 0 Å². The maximum Gasteiger partial charge on any atom is 0.344 e. The summed E-state index contributed by atoms with van der Waals surface area (Å²) in [5.41, 5.74) is 0.927. The molecule has 0 heterocycles. The van der Waals surface area contributed by atoms with E-state index in [2.05, 4.69) is 5.32 Å². The Labute approximate surface area is 125 Å². The highest BCUT2D eigenvalue weighted by atomic mass is 35.5. The van der Waals surface area contributed by atoms with E-state index in [1.54, 1.807) is 26.0 Å². The van der Waals surface area contributed by atoms with Crippen molar-refractivity contribution in [3.63, 3.8) is 0 Å². The SMILES string of the molecule is CCNC(C)c1cc(Cl)ccc1OCC(=O)OC(C)C. The van der Waals surface area contributed by atoms with Crippen LogP contribution in [0, 0.1) is 0 Å². The first-order valence-corrected chi connectivity index (χ1v) is 7.17. The first kappa shape index (κ1) is 16.8. The van der Waals surface area contributed by atoms with Gasteiger partial charge in [0.15, 0.2) is 6.61 Å². The van der Waals surface area contributed by atoms with Gasteiger partial charge < -0.3 is 14.8 Å². The van der Waals surface area contributed by atoms with Gasteiger partial charge in [0, 0.05) is 16.6 Å². The molecule has 0 aliphatic heterocycles. The second kappa shape index (κ2) is 8.12. The van der Waals surface area contributed by atoms with E-state index in [4.69, 9.17) is 21.1 Å². The zero-order valence-electron chi connectivity index (χ0n) is 12.4. The molecule has 0 aliphatic carbocycles. The Morgan fingerprint density at radius 1 is 1.35 bits per heavy atom. The van der Waals surface area contributed by atoms with Gasteiger partial charge in [-0.3, -0.25) is 0 Å². The van der Waals surface area contributed by atoms with Crippen LogP contribution in [0.2, 0.25) is 5.02 Å². The Morgan fingerprint density at radius 3 is 2.65 bits per heavy atom. The number of nitrogens with one attached hydrogen (secondary N) is 1. The van der Waals surface area contributed by atoms with Crippen LogP contribution in [-0.2, 0) is 9.53 Å². The number of halogens is 1. The third-order valence-electron chi connectivity index (χ3n) is 2.66. The van der Waals surface area contributed by atoms with Crippen LogP contribution in [0.3, 0.4) is 0 Å². The van der Waals surface area contributed by atoms with Crippen molar-refractivity contribution in [2.75, 3.05) is 13.2 Å². The van der Waals surface area contributed by atoms with Gasteiger partial charge in [0.25, 0.3) is 0 Å². The molecule has 1 unspecified atom stereocenters. The van der Waals surface area contributed by atoms with Gasteiger partial charge in [-0.05, 0) is 45.5 Å². The fourth-order valence-corrected chi connectivity index (χ4v) is 2.02. The molecule has 0 amide bonds. The fourth-order valence-electron chi connectivity index (χ4n) is 1.84. The summed E-state index contributed by atoms with van der Waals surface area (Å²) >= 11 is 6.02. The predicted octanol–water partition coefficient (Wildman–Crippen LogP) is 3.34. The van der Waals surface area contributed by atoms with Crippen LogP contribution in [0.1, 0.15) is 39.3 Å². The van der Waals surface area contributed by atoms with Crippen molar-refractivity contribution < 1.29 is 14.3 Å². The number of carbonyl (C=O) groups excluding carboxylic acids is 1. The van der Waals surface area contributed by atoms with Gasteiger partial charge in [-0.1, -0.05) is 18.5 Å². The lowest BCUT2D eigenvalue weighted by atomic mass is 10.1. The number of benzene rings is 1. The highest BCUT2D eigenvalue weighted by Gasteiger charge is 2.14. The van der Waals surface area contributed by atoms with Crippen molar-refractivity contribution in [3.8, 4) is 5.75 Å². The minimum atomic E-state index is -0.378. The number of hydrogen-bond acceptors (Lipinski definition) is 4. The van der Waals surface area contributed by atoms with Crippen LogP contribution in [0.15, 0.2) is 18.2 Å². The van der Waals surface area contributed by atoms with Crippen LogP contribution in [0.25, 0.3) is 0 Å². The van der Waals surface area contributed by atoms with Crippen molar-refractivity contribution in [2.24, 2.45) is 0 Å². The molecule has 0 saturated heterocycles. The maximum atomic E-state index is 11.5. The molecule has 112 valence electrons. The number of hydrogen-bond donors (Lipinski definition) is 1. The van der Waals surface area contributed by atoms with E-state index in [1.165, 1.54) is 0 Å². The summed E-state index contributed by atoms with van der Waals surface area (Å²) in [6, 6.07) is 5.45. The molecule has 0 bridgehead atoms. The maximum absolute atomic E-state index is 11.5. The standard InChI is InChI=1S/C15H22ClNO3/c1-5-17-11(4)13-8-12(16)6-7-14(13)19-9-15(18)20-10(2)3/h6-8,10-11,17H,5,9H2,1-4H3. The van der Waals surface area contributed by atoms with Crippen molar-refractivity contribution in [1.29, 1.82) is 0 Å². The molecule has 0 radical (unpaired) electrons. The third kappa shape index (κ3) is 5.39. The number of rotatable bonds is 7. The predicted molar refractivity (Wildman–Crippen MR) is 80.3 cm³/mol. The minimum absolute atomic E-state index is 0.0924. The molecule has 20 heavy (non-hydrogen) atoms. The summed E-state index contributed by atoms with van der Waals surface area (Å²) in [4.78, 5) is 11.5. The van der Waals surface area contributed by atoms with Gasteiger partial charge in [-0.15, -0.1) is 0 Å². The quantitative estimate of drug-likeness (QED) is 0.785. The molecule has 1 aromatic rings. The van der Waals surface area contributed by atoms with E-state index in [9.17, 15) is 4.79 Å². The molecule has 1 N–H and O–H groups in total. The van der Waals surface area contributed by atoms with Gasteiger partial charge in [-0.2, -0.15) is 0 Å². The molecule has 0 spiro atoms. The lowest BCUT2D eigenvalue weighted by Gasteiger charge is -2.18. The number of esters is 1. The lowest BCUT2D eigenvalue weighted by Crippen LogP contribution is -2.21. The molecule has 4 nitrogen and oxygen atoms in total. The Kier molecular flexibility index (Phi) is 6.82. The first-order chi connectivity index (χ1) is 9.43. The van der Waals surface area contributed by atoms with Crippen molar-refractivity contribution >= 4 is 17.6 Å². The van der Waals surface area contributed by atoms with Gasteiger partial charge in [0.1, 0.15) is 5.75 Å². The molecule has 5 heteroatoms. The molecule has 1 aromatic carbocycles. The largest absolute Gasteiger partial charge is 0.482 e. The minimum Gasteiger partial charge on any atom is -0.482 e. The lowest BCUT2D eigenvalue weighted by molar-refractivity contribution is -0.149. The van der Waals surface area contributed by atoms with Gasteiger partial charge in [0.05, 0.1) is 6.10 Å². The van der Waals surface area contributed by atoms with Gasteiger partial charge in [0.2, 0.25) is 0 Å². The molecule has 0 aliphatic rings. The number of carbonyl (C=O) groups is 1. The second-order valence-electron chi connectivity index (χ2n) is 4.79. The van der Waals surface area contributed by atoms with Gasteiger partial charge >= 0.3 is 5.97 Å². The van der Waals surface area contributed by atoms with E-state index in [-0.39, 0.29) is 24.7 Å². The molecule has 0 aromatic heterocycles. The van der Waals surface area contributed by atoms with Crippen LogP contribution in [0.4, 0.5) is 0 Å². The van der Waals surface area contributed by atoms with Gasteiger partial charge in [-0.25, -0.2) is 4.79 Å². The van der Waals surface area contributed by atoms with E-state index in [0.29, 0.717) is 10.8 Å². The molecule has 0 saturated carbocycles. The van der Waals surface area contributed by atoms with Crippen LogP contribution in [-0.4, -0.2) is 25.2 Å². The normalized spacial score (nSPS) is 12.3. The second-order valence-corrected chi connectivity index (χ2v) is 5.23.